The number of benzene rings is 1. The minimum atomic E-state index is -4.49. The highest BCUT2D eigenvalue weighted by Crippen LogP contribution is 2.32. The van der Waals surface area contributed by atoms with E-state index in [0.29, 0.717) is 22.9 Å². The summed E-state index contributed by atoms with van der Waals surface area (Å²) >= 11 is 0. The third-order valence-electron chi connectivity index (χ3n) is 3.71. The van der Waals surface area contributed by atoms with E-state index >= 15 is 0 Å². The summed E-state index contributed by atoms with van der Waals surface area (Å²) < 4.78 is 40.8. The normalized spacial score (nSPS) is 12.3. The molecule has 0 N–H and O–H groups in total. The first-order valence-electron chi connectivity index (χ1n) is 7.30. The smallest absolute Gasteiger partial charge is 0.229 e. The number of hydrogen-bond donors (Lipinski definition) is 0. The first kappa shape index (κ1) is 15.5. The van der Waals surface area contributed by atoms with Gasteiger partial charge in [-0.3, -0.25) is 0 Å². The Bertz CT molecular complexity index is 846. The Labute approximate surface area is 131 Å². The van der Waals surface area contributed by atoms with Crippen molar-refractivity contribution in [2.24, 2.45) is 0 Å². The van der Waals surface area contributed by atoms with Gasteiger partial charge in [-0.2, -0.15) is 18.3 Å². The lowest BCUT2D eigenvalue weighted by Gasteiger charge is -2.11. The Morgan fingerprint density at radius 1 is 1.04 bits per heavy atom. The van der Waals surface area contributed by atoms with Gasteiger partial charge in [-0.05, 0) is 24.5 Å². The molecule has 0 fully saturated rings. The number of nitrogens with zero attached hydrogens (tertiary/aromatic N) is 3. The fourth-order valence-electron chi connectivity index (χ4n) is 2.48. The van der Waals surface area contributed by atoms with Crippen molar-refractivity contribution in [3.63, 3.8) is 0 Å². The third-order valence-corrected chi connectivity index (χ3v) is 3.71. The maximum atomic E-state index is 13.3. The topological polar surface area (TPSA) is 30.2 Å². The summed E-state index contributed by atoms with van der Waals surface area (Å²) in [5.41, 5.74) is 1.95. The highest BCUT2D eigenvalue weighted by atomic mass is 19.4. The minimum absolute atomic E-state index is 0.195. The Morgan fingerprint density at radius 2 is 1.70 bits per heavy atom. The average Bonchev–Trinajstić information content (AvgIpc) is 2.85. The SMILES string of the molecule is Cc1cc2nc(-c3ccc(C(C)C)cc3)cc(C(F)(F)F)n2n1. The molecule has 0 radical (unpaired) electrons. The molecule has 2 aromatic heterocycles. The van der Waals surface area contributed by atoms with Crippen molar-refractivity contribution in [3.05, 3.63) is 53.3 Å². The molecule has 0 atom stereocenters. The summed E-state index contributed by atoms with van der Waals surface area (Å²) in [5, 5.41) is 3.89. The number of halogens is 3. The van der Waals surface area contributed by atoms with E-state index in [1.807, 2.05) is 12.1 Å². The molecule has 0 spiro atoms. The molecule has 0 aliphatic heterocycles. The molecule has 0 aliphatic carbocycles. The molecule has 0 saturated carbocycles. The van der Waals surface area contributed by atoms with Gasteiger partial charge in [0.1, 0.15) is 0 Å². The van der Waals surface area contributed by atoms with Crippen LogP contribution in [-0.4, -0.2) is 14.6 Å². The van der Waals surface area contributed by atoms with Gasteiger partial charge < -0.3 is 0 Å². The number of alkyl halides is 3. The van der Waals surface area contributed by atoms with Crippen LogP contribution in [0.15, 0.2) is 36.4 Å². The van der Waals surface area contributed by atoms with E-state index in [9.17, 15) is 13.2 Å². The van der Waals surface area contributed by atoms with Gasteiger partial charge in [-0.15, -0.1) is 0 Å². The molecule has 3 nitrogen and oxygen atoms in total. The molecule has 3 rings (SSSR count). The van der Waals surface area contributed by atoms with Gasteiger partial charge >= 0.3 is 6.18 Å². The molecule has 6 heteroatoms. The van der Waals surface area contributed by atoms with Gasteiger partial charge in [0.15, 0.2) is 11.3 Å². The van der Waals surface area contributed by atoms with Crippen LogP contribution in [0.3, 0.4) is 0 Å². The van der Waals surface area contributed by atoms with E-state index in [0.717, 1.165) is 16.1 Å². The van der Waals surface area contributed by atoms with Crippen molar-refractivity contribution in [3.8, 4) is 11.3 Å². The van der Waals surface area contributed by atoms with Crippen LogP contribution in [0.5, 0.6) is 0 Å². The Balaban J connectivity index is 2.18. The summed E-state index contributed by atoms with van der Waals surface area (Å²) in [7, 11) is 0. The monoisotopic (exact) mass is 319 g/mol. The predicted octanol–water partition coefficient (Wildman–Crippen LogP) is 4.85. The number of rotatable bonds is 2. The van der Waals surface area contributed by atoms with Crippen LogP contribution in [0.25, 0.3) is 16.9 Å². The molecule has 0 unspecified atom stereocenters. The first-order chi connectivity index (χ1) is 10.8. The van der Waals surface area contributed by atoms with E-state index in [1.165, 1.54) is 0 Å². The van der Waals surface area contributed by atoms with Crippen LogP contribution in [-0.2, 0) is 6.18 Å². The molecule has 0 aliphatic rings. The van der Waals surface area contributed by atoms with Gasteiger partial charge in [-0.1, -0.05) is 38.1 Å². The van der Waals surface area contributed by atoms with Crippen molar-refractivity contribution in [2.45, 2.75) is 32.9 Å². The zero-order chi connectivity index (χ0) is 16.8. The highest BCUT2D eigenvalue weighted by molar-refractivity contribution is 5.63. The van der Waals surface area contributed by atoms with Crippen molar-refractivity contribution in [2.75, 3.05) is 0 Å². The van der Waals surface area contributed by atoms with Crippen molar-refractivity contribution < 1.29 is 13.2 Å². The van der Waals surface area contributed by atoms with Crippen LogP contribution in [0.1, 0.15) is 36.7 Å². The molecule has 0 saturated heterocycles. The minimum Gasteiger partial charge on any atom is -0.229 e. The van der Waals surface area contributed by atoms with Crippen LogP contribution >= 0.6 is 0 Å². The third kappa shape index (κ3) is 2.93. The number of hydrogen-bond acceptors (Lipinski definition) is 2. The van der Waals surface area contributed by atoms with Crippen molar-refractivity contribution >= 4 is 5.65 Å². The summed E-state index contributed by atoms with van der Waals surface area (Å²) in [4.78, 5) is 4.32. The van der Waals surface area contributed by atoms with Crippen LogP contribution in [0, 0.1) is 6.92 Å². The lowest BCUT2D eigenvalue weighted by atomic mass is 10.0. The zero-order valence-electron chi connectivity index (χ0n) is 13.0. The summed E-state index contributed by atoms with van der Waals surface area (Å²) in [6.45, 7) is 5.78. The van der Waals surface area contributed by atoms with Gasteiger partial charge in [0.05, 0.1) is 11.4 Å². The van der Waals surface area contributed by atoms with Crippen molar-refractivity contribution in [1.29, 1.82) is 0 Å². The van der Waals surface area contributed by atoms with Crippen LogP contribution < -0.4 is 0 Å². The molecule has 0 amide bonds. The fraction of sp³-hybridized carbons (Fsp3) is 0.294. The second-order valence-corrected chi connectivity index (χ2v) is 5.86. The molecule has 3 aromatic rings. The Morgan fingerprint density at radius 3 is 2.26 bits per heavy atom. The lowest BCUT2D eigenvalue weighted by Crippen LogP contribution is -2.13. The van der Waals surface area contributed by atoms with E-state index in [1.54, 1.807) is 25.1 Å². The van der Waals surface area contributed by atoms with Crippen LogP contribution in [0.2, 0.25) is 0 Å². The summed E-state index contributed by atoms with van der Waals surface area (Å²) in [5.74, 6) is 0.364. The molecule has 0 bridgehead atoms. The highest BCUT2D eigenvalue weighted by Gasteiger charge is 2.35. The second-order valence-electron chi connectivity index (χ2n) is 5.86. The number of aryl methyl sites for hydroxylation is 1. The Hall–Kier alpha value is -2.37. The van der Waals surface area contributed by atoms with E-state index in [-0.39, 0.29) is 5.65 Å². The molecular weight excluding hydrogens is 303 g/mol. The fourth-order valence-corrected chi connectivity index (χ4v) is 2.48. The maximum Gasteiger partial charge on any atom is 0.433 e. The molecule has 120 valence electrons. The van der Waals surface area contributed by atoms with E-state index < -0.39 is 11.9 Å². The molecular formula is C17H16F3N3. The number of aromatic nitrogens is 3. The summed E-state index contributed by atoms with van der Waals surface area (Å²) in [6, 6.07) is 10.0. The molecule has 1 aromatic carbocycles. The van der Waals surface area contributed by atoms with Gasteiger partial charge in [0.25, 0.3) is 0 Å². The standard InChI is InChI=1S/C17H16F3N3/c1-10(2)12-4-6-13(7-5-12)14-9-15(17(18,19)20)23-16(21-14)8-11(3)22-23/h4-10H,1-3H3. The van der Waals surface area contributed by atoms with Gasteiger partial charge in [0.2, 0.25) is 0 Å². The Kier molecular flexibility index (Phi) is 3.62. The quantitative estimate of drug-likeness (QED) is 0.676. The molecule has 23 heavy (non-hydrogen) atoms. The number of fused-ring (bicyclic) bond motifs is 1. The second kappa shape index (κ2) is 5.37. The maximum absolute atomic E-state index is 13.3. The summed E-state index contributed by atoms with van der Waals surface area (Å²) in [6.07, 6.45) is -4.49. The predicted molar refractivity (Wildman–Crippen MR) is 82.3 cm³/mol. The van der Waals surface area contributed by atoms with Crippen LogP contribution in [0.4, 0.5) is 13.2 Å². The van der Waals surface area contributed by atoms with E-state index in [2.05, 4.69) is 23.9 Å². The lowest BCUT2D eigenvalue weighted by molar-refractivity contribution is -0.142. The zero-order valence-corrected chi connectivity index (χ0v) is 13.0. The first-order valence-corrected chi connectivity index (χ1v) is 7.30. The van der Waals surface area contributed by atoms with Gasteiger partial charge in [-0.25, -0.2) is 9.50 Å². The van der Waals surface area contributed by atoms with E-state index in [4.69, 9.17) is 0 Å². The largest absolute Gasteiger partial charge is 0.433 e. The van der Waals surface area contributed by atoms with Gasteiger partial charge in [0, 0.05) is 11.6 Å². The molecule has 2 heterocycles. The average molecular weight is 319 g/mol. The van der Waals surface area contributed by atoms with Crippen molar-refractivity contribution in [1.82, 2.24) is 14.6 Å².